The molecule has 1 fully saturated rings. The van der Waals surface area contributed by atoms with Gasteiger partial charge in [-0.2, -0.15) is 0 Å². The lowest BCUT2D eigenvalue weighted by molar-refractivity contribution is -0.160. The highest BCUT2D eigenvalue weighted by atomic mass is 16.4. The van der Waals surface area contributed by atoms with E-state index >= 15 is 0 Å². The molecule has 2 amide bonds. The monoisotopic (exact) mass is 284 g/mol. The molecule has 114 valence electrons. The number of nitrogens with zero attached hydrogens (tertiary/aromatic N) is 3. The van der Waals surface area contributed by atoms with Crippen molar-refractivity contribution in [1.82, 2.24) is 9.80 Å². The van der Waals surface area contributed by atoms with E-state index in [4.69, 9.17) is 10.9 Å². The molecular formula is C13H24N4O3. The van der Waals surface area contributed by atoms with Crippen LogP contribution in [-0.4, -0.2) is 58.3 Å². The number of carbonyl (C=O) groups is 2. The number of amides is 2. The molecule has 7 heteroatoms. The summed E-state index contributed by atoms with van der Waals surface area (Å²) >= 11 is 0. The molecule has 1 heterocycles. The third kappa shape index (κ3) is 2.32. The smallest absolute Gasteiger partial charge is 0.247 e. The minimum absolute atomic E-state index is 0.116. The van der Waals surface area contributed by atoms with E-state index in [1.807, 2.05) is 0 Å². The van der Waals surface area contributed by atoms with E-state index in [2.05, 4.69) is 5.16 Å². The lowest BCUT2D eigenvalue weighted by atomic mass is 9.82. The Morgan fingerprint density at radius 3 is 2.50 bits per heavy atom. The van der Waals surface area contributed by atoms with Crippen molar-refractivity contribution in [3.63, 3.8) is 0 Å². The Morgan fingerprint density at radius 2 is 2.05 bits per heavy atom. The Hall–Kier alpha value is -1.79. The molecule has 0 saturated carbocycles. The maximum Gasteiger partial charge on any atom is 0.247 e. The van der Waals surface area contributed by atoms with Gasteiger partial charge >= 0.3 is 0 Å². The largest absolute Gasteiger partial charge is 0.409 e. The summed E-state index contributed by atoms with van der Waals surface area (Å²) in [6.07, 6.45) is 0.387. The third-order valence-electron chi connectivity index (χ3n) is 4.30. The highest BCUT2D eigenvalue weighted by Gasteiger charge is 2.49. The van der Waals surface area contributed by atoms with Crippen LogP contribution in [0, 0.1) is 5.41 Å². The highest BCUT2D eigenvalue weighted by molar-refractivity contribution is 6.08. The van der Waals surface area contributed by atoms with Crippen LogP contribution in [-0.2, 0) is 9.59 Å². The van der Waals surface area contributed by atoms with Gasteiger partial charge in [0.1, 0.15) is 11.0 Å². The fourth-order valence-corrected chi connectivity index (χ4v) is 2.42. The van der Waals surface area contributed by atoms with Gasteiger partial charge in [-0.3, -0.25) is 9.59 Å². The quantitative estimate of drug-likeness (QED) is 0.335. The van der Waals surface area contributed by atoms with Gasteiger partial charge in [-0.1, -0.05) is 12.1 Å². The van der Waals surface area contributed by atoms with Crippen LogP contribution < -0.4 is 5.73 Å². The predicted molar refractivity (Wildman–Crippen MR) is 75.2 cm³/mol. The molecule has 1 aliphatic heterocycles. The molecule has 1 aliphatic rings. The standard InChI is InChI=1S/C13H24N4O3/c1-6-13(4,9(14)15-20)11(19)17-8-7-16(5)10(18)12(17,2)3/h20H,6-8H2,1-5H3,(H2,14,15). The number of piperazine rings is 1. The second-order valence-corrected chi connectivity index (χ2v) is 5.91. The summed E-state index contributed by atoms with van der Waals surface area (Å²) in [5, 5.41) is 11.9. The fourth-order valence-electron chi connectivity index (χ4n) is 2.42. The average molecular weight is 284 g/mol. The van der Waals surface area contributed by atoms with Crippen molar-refractivity contribution in [3.05, 3.63) is 0 Å². The number of likely N-dealkylation sites (N-methyl/N-ethyl adjacent to an activating group) is 1. The number of hydrogen-bond acceptors (Lipinski definition) is 4. The van der Waals surface area contributed by atoms with Crippen molar-refractivity contribution in [2.24, 2.45) is 16.3 Å². The van der Waals surface area contributed by atoms with E-state index in [0.717, 1.165) is 0 Å². The van der Waals surface area contributed by atoms with Crippen LogP contribution in [0.15, 0.2) is 5.16 Å². The van der Waals surface area contributed by atoms with E-state index in [1.54, 1.807) is 39.6 Å². The van der Waals surface area contributed by atoms with Gasteiger partial charge in [-0.05, 0) is 27.2 Å². The first-order valence-corrected chi connectivity index (χ1v) is 6.68. The molecule has 0 aliphatic carbocycles. The van der Waals surface area contributed by atoms with Crippen LogP contribution in [0.3, 0.4) is 0 Å². The summed E-state index contributed by atoms with van der Waals surface area (Å²) in [5.74, 6) is -0.538. The lowest BCUT2D eigenvalue weighted by Gasteiger charge is -2.47. The van der Waals surface area contributed by atoms with Gasteiger partial charge in [-0.15, -0.1) is 0 Å². The topological polar surface area (TPSA) is 99.2 Å². The fraction of sp³-hybridized carbons (Fsp3) is 0.769. The third-order valence-corrected chi connectivity index (χ3v) is 4.30. The maximum absolute atomic E-state index is 12.8. The number of carbonyl (C=O) groups excluding carboxylic acids is 2. The molecular weight excluding hydrogens is 260 g/mol. The molecule has 0 spiro atoms. The Morgan fingerprint density at radius 1 is 1.50 bits per heavy atom. The van der Waals surface area contributed by atoms with Crippen LogP contribution in [0.4, 0.5) is 0 Å². The van der Waals surface area contributed by atoms with Crippen LogP contribution in [0.5, 0.6) is 0 Å². The van der Waals surface area contributed by atoms with Crippen molar-refractivity contribution in [3.8, 4) is 0 Å². The molecule has 7 nitrogen and oxygen atoms in total. The first kappa shape index (κ1) is 16.3. The van der Waals surface area contributed by atoms with Crippen LogP contribution in [0.25, 0.3) is 0 Å². The molecule has 0 aromatic heterocycles. The molecule has 3 N–H and O–H groups in total. The minimum Gasteiger partial charge on any atom is -0.409 e. The predicted octanol–water partition coefficient (Wildman–Crippen LogP) is 0.228. The van der Waals surface area contributed by atoms with Crippen molar-refractivity contribution in [2.45, 2.75) is 39.7 Å². The first-order valence-electron chi connectivity index (χ1n) is 6.68. The van der Waals surface area contributed by atoms with Gasteiger partial charge in [0.2, 0.25) is 11.8 Å². The minimum atomic E-state index is -1.11. The highest BCUT2D eigenvalue weighted by Crippen LogP contribution is 2.31. The summed E-state index contributed by atoms with van der Waals surface area (Å²) in [5.41, 5.74) is 3.63. The van der Waals surface area contributed by atoms with Crippen molar-refractivity contribution < 1.29 is 14.8 Å². The summed E-state index contributed by atoms with van der Waals surface area (Å²) in [6, 6.07) is 0. The van der Waals surface area contributed by atoms with E-state index in [9.17, 15) is 9.59 Å². The summed E-state index contributed by atoms with van der Waals surface area (Å²) in [7, 11) is 1.72. The van der Waals surface area contributed by atoms with Gasteiger partial charge in [0.05, 0.1) is 0 Å². The first-order chi connectivity index (χ1) is 9.12. The Labute approximate surface area is 119 Å². The molecule has 1 unspecified atom stereocenters. The zero-order valence-electron chi connectivity index (χ0n) is 12.8. The number of oxime groups is 1. The van der Waals surface area contributed by atoms with Gasteiger partial charge in [0.15, 0.2) is 5.84 Å². The van der Waals surface area contributed by atoms with Crippen molar-refractivity contribution in [2.75, 3.05) is 20.1 Å². The number of amidine groups is 1. The van der Waals surface area contributed by atoms with Crippen LogP contribution in [0.2, 0.25) is 0 Å². The zero-order valence-corrected chi connectivity index (χ0v) is 12.8. The Balaban J connectivity index is 3.17. The lowest BCUT2D eigenvalue weighted by Crippen LogP contribution is -2.66. The van der Waals surface area contributed by atoms with E-state index in [1.165, 1.54) is 4.90 Å². The molecule has 1 atom stereocenters. The second-order valence-electron chi connectivity index (χ2n) is 5.91. The number of hydrogen-bond donors (Lipinski definition) is 2. The zero-order chi connectivity index (χ0) is 15.7. The molecule has 0 bridgehead atoms. The molecule has 0 radical (unpaired) electrons. The summed E-state index contributed by atoms with van der Waals surface area (Å²) < 4.78 is 0. The van der Waals surface area contributed by atoms with Crippen LogP contribution in [0.1, 0.15) is 34.1 Å². The number of rotatable bonds is 3. The van der Waals surface area contributed by atoms with Gasteiger partial charge in [0, 0.05) is 20.1 Å². The van der Waals surface area contributed by atoms with Gasteiger partial charge < -0.3 is 20.7 Å². The van der Waals surface area contributed by atoms with E-state index in [0.29, 0.717) is 19.5 Å². The van der Waals surface area contributed by atoms with E-state index in [-0.39, 0.29) is 17.6 Å². The Bertz CT molecular complexity index is 447. The van der Waals surface area contributed by atoms with E-state index < -0.39 is 11.0 Å². The van der Waals surface area contributed by atoms with Crippen molar-refractivity contribution in [1.29, 1.82) is 0 Å². The summed E-state index contributed by atoms with van der Waals surface area (Å²) in [6.45, 7) is 7.76. The molecule has 0 aromatic rings. The Kier molecular flexibility index (Phi) is 4.31. The normalized spacial score (nSPS) is 22.6. The average Bonchev–Trinajstić information content (AvgIpc) is 2.42. The maximum atomic E-state index is 12.8. The molecule has 1 saturated heterocycles. The van der Waals surface area contributed by atoms with Crippen molar-refractivity contribution >= 4 is 17.6 Å². The molecule has 1 rings (SSSR count). The second kappa shape index (κ2) is 5.30. The van der Waals surface area contributed by atoms with Gasteiger partial charge in [-0.25, -0.2) is 0 Å². The van der Waals surface area contributed by atoms with Crippen LogP contribution >= 0.6 is 0 Å². The van der Waals surface area contributed by atoms with Gasteiger partial charge in [0.25, 0.3) is 0 Å². The SMILES string of the molecule is CCC(C)(C(=O)N1CCN(C)C(=O)C1(C)C)C(N)=NO. The molecule has 0 aromatic carbocycles. The molecule has 20 heavy (non-hydrogen) atoms. The number of nitrogens with two attached hydrogens (primary N) is 1. The summed E-state index contributed by atoms with van der Waals surface area (Å²) in [4.78, 5) is 28.2.